The molecule has 0 aliphatic carbocycles. The number of ether oxygens (including phenoxy) is 2. The lowest BCUT2D eigenvalue weighted by molar-refractivity contribution is -0.310. The first kappa shape index (κ1) is 23.8. The highest BCUT2D eigenvalue weighted by Gasteiger charge is 2.44. The van der Waals surface area contributed by atoms with Gasteiger partial charge in [-0.25, -0.2) is 0 Å². The van der Waals surface area contributed by atoms with Gasteiger partial charge >= 0.3 is 0 Å². The first-order valence-corrected chi connectivity index (χ1v) is 10.5. The van der Waals surface area contributed by atoms with Crippen LogP contribution in [-0.4, -0.2) is 63.8 Å². The minimum atomic E-state index is -1.38. The summed E-state index contributed by atoms with van der Waals surface area (Å²) < 4.78 is 11.1. The summed E-state index contributed by atoms with van der Waals surface area (Å²) in [5.41, 5.74) is 0. The van der Waals surface area contributed by atoms with Gasteiger partial charge in [-0.15, -0.1) is 0 Å². The molecule has 1 fully saturated rings. The summed E-state index contributed by atoms with van der Waals surface area (Å²) in [5.74, 6) is 0. The number of aliphatic hydroxyl groups is 4. The third-order valence-corrected chi connectivity index (χ3v) is 5.18. The van der Waals surface area contributed by atoms with Crippen LogP contribution in [0, 0.1) is 0 Å². The molecule has 0 aromatic heterocycles. The van der Waals surface area contributed by atoms with Crippen LogP contribution in [0.1, 0.15) is 84.5 Å². The van der Waals surface area contributed by atoms with E-state index in [0.29, 0.717) is 0 Å². The summed E-state index contributed by atoms with van der Waals surface area (Å²) in [7, 11) is 0. The Labute approximate surface area is 158 Å². The van der Waals surface area contributed by atoms with E-state index >= 15 is 0 Å². The Morgan fingerprint density at radius 1 is 0.808 bits per heavy atom. The van der Waals surface area contributed by atoms with Crippen LogP contribution in [-0.2, 0) is 9.47 Å². The smallest absolute Gasteiger partial charge is 0.186 e. The lowest BCUT2D eigenvalue weighted by atomic mass is 9.99. The van der Waals surface area contributed by atoms with Gasteiger partial charge in [-0.05, 0) is 13.3 Å². The molecular weight excluding hydrogens is 336 g/mol. The molecule has 156 valence electrons. The summed E-state index contributed by atoms with van der Waals surface area (Å²) in [6.45, 7) is 3.72. The molecule has 1 aliphatic heterocycles. The van der Waals surface area contributed by atoms with Crippen molar-refractivity contribution in [2.24, 2.45) is 0 Å². The largest absolute Gasteiger partial charge is 0.394 e. The minimum Gasteiger partial charge on any atom is -0.394 e. The molecule has 2 unspecified atom stereocenters. The van der Waals surface area contributed by atoms with E-state index in [1.54, 1.807) is 0 Å². The molecule has 0 radical (unpaired) electrons. The Bertz CT molecular complexity index is 338. The van der Waals surface area contributed by atoms with E-state index in [0.717, 1.165) is 19.3 Å². The molecule has 26 heavy (non-hydrogen) atoms. The van der Waals surface area contributed by atoms with Gasteiger partial charge in [-0.2, -0.15) is 0 Å². The SMILES string of the molecule is CCCCCCCCCCCCC(C)OC1O[C@H](CO)[C@H](O)[C@H](O)[C@H]1O. The summed E-state index contributed by atoms with van der Waals surface area (Å²) >= 11 is 0. The third kappa shape index (κ3) is 8.63. The lowest BCUT2D eigenvalue weighted by Gasteiger charge is -2.40. The molecule has 0 amide bonds. The molecule has 0 saturated carbocycles. The van der Waals surface area contributed by atoms with Crippen molar-refractivity contribution in [3.8, 4) is 0 Å². The number of unbranched alkanes of at least 4 members (excludes halogenated alkanes) is 9. The highest BCUT2D eigenvalue weighted by Crippen LogP contribution is 2.24. The average Bonchev–Trinajstić information content (AvgIpc) is 2.63. The molecule has 1 saturated heterocycles. The zero-order valence-corrected chi connectivity index (χ0v) is 16.6. The Morgan fingerprint density at radius 3 is 1.88 bits per heavy atom. The molecule has 6 atom stereocenters. The van der Waals surface area contributed by atoms with Gasteiger partial charge in [0.2, 0.25) is 0 Å². The lowest BCUT2D eigenvalue weighted by Crippen LogP contribution is -2.59. The van der Waals surface area contributed by atoms with Crippen molar-refractivity contribution in [3.63, 3.8) is 0 Å². The van der Waals surface area contributed by atoms with Crippen LogP contribution in [0.3, 0.4) is 0 Å². The van der Waals surface area contributed by atoms with E-state index in [1.165, 1.54) is 51.4 Å². The van der Waals surface area contributed by atoms with Crippen LogP contribution in [0.5, 0.6) is 0 Å². The molecule has 1 aliphatic rings. The standard InChI is InChI=1S/C20H40O6/c1-3-4-5-6-7-8-9-10-11-12-13-15(2)25-20-19(24)18(23)17(22)16(14-21)26-20/h15-24H,3-14H2,1-2H3/t15?,16-,17+,18+,19-,20?/m1/s1. The van der Waals surface area contributed by atoms with Crippen molar-refractivity contribution >= 4 is 0 Å². The fourth-order valence-corrected chi connectivity index (χ4v) is 3.40. The molecule has 1 rings (SSSR count). The van der Waals surface area contributed by atoms with E-state index in [1.807, 2.05) is 6.92 Å². The van der Waals surface area contributed by atoms with Crippen molar-refractivity contribution in [1.29, 1.82) is 0 Å². The molecule has 6 heteroatoms. The van der Waals surface area contributed by atoms with Gasteiger partial charge in [0.25, 0.3) is 0 Å². The van der Waals surface area contributed by atoms with E-state index in [9.17, 15) is 20.4 Å². The highest BCUT2D eigenvalue weighted by atomic mass is 16.7. The number of hydrogen-bond acceptors (Lipinski definition) is 6. The van der Waals surface area contributed by atoms with Crippen LogP contribution in [0.25, 0.3) is 0 Å². The quantitative estimate of drug-likeness (QED) is 0.348. The maximum absolute atomic E-state index is 9.97. The van der Waals surface area contributed by atoms with Gasteiger partial charge in [0.05, 0.1) is 12.7 Å². The second-order valence-electron chi connectivity index (χ2n) is 7.61. The predicted molar refractivity (Wildman–Crippen MR) is 101 cm³/mol. The zero-order chi connectivity index (χ0) is 19.4. The van der Waals surface area contributed by atoms with Crippen molar-refractivity contribution in [2.75, 3.05) is 6.61 Å². The van der Waals surface area contributed by atoms with E-state index < -0.39 is 37.3 Å². The van der Waals surface area contributed by atoms with Gasteiger partial charge in [0.1, 0.15) is 24.4 Å². The Morgan fingerprint density at radius 2 is 1.35 bits per heavy atom. The molecule has 0 spiro atoms. The van der Waals surface area contributed by atoms with E-state index in [-0.39, 0.29) is 6.10 Å². The Balaban J connectivity index is 2.10. The fraction of sp³-hybridized carbons (Fsp3) is 1.00. The van der Waals surface area contributed by atoms with Crippen LogP contribution in [0.4, 0.5) is 0 Å². The third-order valence-electron chi connectivity index (χ3n) is 5.18. The van der Waals surface area contributed by atoms with Gasteiger partial charge < -0.3 is 29.9 Å². The molecular formula is C20H40O6. The fourth-order valence-electron chi connectivity index (χ4n) is 3.40. The van der Waals surface area contributed by atoms with Crippen LogP contribution < -0.4 is 0 Å². The van der Waals surface area contributed by atoms with Crippen molar-refractivity contribution < 1.29 is 29.9 Å². The summed E-state index contributed by atoms with van der Waals surface area (Å²) in [6.07, 6.45) is 7.53. The van der Waals surface area contributed by atoms with Crippen molar-refractivity contribution in [3.05, 3.63) is 0 Å². The maximum Gasteiger partial charge on any atom is 0.186 e. The summed E-state index contributed by atoms with van der Waals surface area (Å²) in [5, 5.41) is 38.7. The van der Waals surface area contributed by atoms with E-state index in [2.05, 4.69) is 6.92 Å². The van der Waals surface area contributed by atoms with Gasteiger partial charge in [0.15, 0.2) is 6.29 Å². The molecule has 0 aromatic carbocycles. The number of aliphatic hydroxyl groups excluding tert-OH is 4. The van der Waals surface area contributed by atoms with Crippen LogP contribution in [0.15, 0.2) is 0 Å². The molecule has 1 heterocycles. The maximum atomic E-state index is 9.97. The average molecular weight is 377 g/mol. The number of rotatable bonds is 14. The summed E-state index contributed by atoms with van der Waals surface area (Å²) in [6, 6.07) is 0. The highest BCUT2D eigenvalue weighted by molar-refractivity contribution is 4.89. The Hall–Kier alpha value is -0.240. The first-order chi connectivity index (χ1) is 12.5. The molecule has 4 N–H and O–H groups in total. The molecule has 0 bridgehead atoms. The second-order valence-corrected chi connectivity index (χ2v) is 7.61. The van der Waals surface area contributed by atoms with Crippen molar-refractivity contribution in [2.45, 2.75) is 121 Å². The normalized spacial score (nSPS) is 30.5. The van der Waals surface area contributed by atoms with Gasteiger partial charge in [-0.1, -0.05) is 71.1 Å². The first-order valence-electron chi connectivity index (χ1n) is 10.5. The molecule has 6 nitrogen and oxygen atoms in total. The zero-order valence-electron chi connectivity index (χ0n) is 16.6. The van der Waals surface area contributed by atoms with Crippen LogP contribution >= 0.6 is 0 Å². The van der Waals surface area contributed by atoms with Crippen LogP contribution in [0.2, 0.25) is 0 Å². The Kier molecular flexibility index (Phi) is 12.7. The molecule has 0 aromatic rings. The van der Waals surface area contributed by atoms with Gasteiger partial charge in [0, 0.05) is 0 Å². The number of hydrogen-bond donors (Lipinski definition) is 4. The van der Waals surface area contributed by atoms with Gasteiger partial charge in [-0.3, -0.25) is 0 Å². The predicted octanol–water partition coefficient (Wildman–Crippen LogP) is 2.50. The minimum absolute atomic E-state index is 0.120. The topological polar surface area (TPSA) is 99.4 Å². The summed E-state index contributed by atoms with van der Waals surface area (Å²) in [4.78, 5) is 0. The van der Waals surface area contributed by atoms with E-state index in [4.69, 9.17) is 9.47 Å². The second kappa shape index (κ2) is 13.9. The van der Waals surface area contributed by atoms with Crippen molar-refractivity contribution in [1.82, 2.24) is 0 Å². The monoisotopic (exact) mass is 376 g/mol.